The summed E-state index contributed by atoms with van der Waals surface area (Å²) in [5.41, 5.74) is 1.01. The highest BCUT2D eigenvalue weighted by Gasteiger charge is 2.26. The fourth-order valence-electron chi connectivity index (χ4n) is 2.64. The van der Waals surface area contributed by atoms with Crippen LogP contribution in [-0.2, 0) is 4.79 Å². The number of ether oxygens (including phenoxy) is 2. The van der Waals surface area contributed by atoms with E-state index in [1.165, 1.54) is 0 Å². The van der Waals surface area contributed by atoms with Gasteiger partial charge in [-0.1, -0.05) is 0 Å². The van der Waals surface area contributed by atoms with Crippen LogP contribution in [-0.4, -0.2) is 37.4 Å². The Bertz CT molecular complexity index is 488. The lowest BCUT2D eigenvalue weighted by molar-refractivity contribution is -0.141. The van der Waals surface area contributed by atoms with E-state index >= 15 is 0 Å². The first-order chi connectivity index (χ1) is 9.24. The van der Waals surface area contributed by atoms with Crippen LogP contribution in [0.4, 0.5) is 5.69 Å². The first kappa shape index (κ1) is 12.1. The van der Waals surface area contributed by atoms with Crippen LogP contribution in [0.5, 0.6) is 11.5 Å². The van der Waals surface area contributed by atoms with E-state index in [0.717, 1.165) is 36.6 Å². The molecule has 0 radical (unpaired) electrons. The largest absolute Gasteiger partial charge is 0.486 e. The van der Waals surface area contributed by atoms with Gasteiger partial charge in [0.15, 0.2) is 11.5 Å². The van der Waals surface area contributed by atoms with Crippen molar-refractivity contribution in [1.29, 1.82) is 0 Å². The summed E-state index contributed by atoms with van der Waals surface area (Å²) < 4.78 is 11.0. The molecule has 1 N–H and O–H groups in total. The SMILES string of the molecule is O=C(O)C1CCCN(c2ccc3c(c2)OCCO3)C1. The average Bonchev–Trinajstić information content (AvgIpc) is 2.47. The molecule has 19 heavy (non-hydrogen) atoms. The minimum absolute atomic E-state index is 0.276. The summed E-state index contributed by atoms with van der Waals surface area (Å²) in [6, 6.07) is 5.81. The molecule has 0 saturated carbocycles. The number of carboxylic acids is 1. The van der Waals surface area contributed by atoms with Crippen LogP contribution < -0.4 is 14.4 Å². The third-order valence-electron chi connectivity index (χ3n) is 3.66. The molecule has 1 saturated heterocycles. The molecule has 0 bridgehead atoms. The Kier molecular flexibility index (Phi) is 3.19. The molecule has 102 valence electrons. The number of benzene rings is 1. The number of hydrogen-bond acceptors (Lipinski definition) is 4. The molecule has 2 aliphatic heterocycles. The summed E-state index contributed by atoms with van der Waals surface area (Å²) in [5, 5.41) is 9.12. The molecule has 0 aliphatic carbocycles. The summed E-state index contributed by atoms with van der Waals surface area (Å²) >= 11 is 0. The number of anilines is 1. The van der Waals surface area contributed by atoms with Crippen LogP contribution in [0, 0.1) is 5.92 Å². The van der Waals surface area contributed by atoms with Gasteiger partial charge in [0.05, 0.1) is 5.92 Å². The molecule has 1 unspecified atom stereocenters. The van der Waals surface area contributed by atoms with Crippen LogP contribution in [0.1, 0.15) is 12.8 Å². The van der Waals surface area contributed by atoms with Crippen molar-refractivity contribution in [3.8, 4) is 11.5 Å². The monoisotopic (exact) mass is 263 g/mol. The van der Waals surface area contributed by atoms with E-state index in [0.29, 0.717) is 19.8 Å². The minimum atomic E-state index is -0.706. The Labute approximate surface area is 111 Å². The molecular formula is C14H17NO4. The number of hydrogen-bond donors (Lipinski definition) is 1. The maximum Gasteiger partial charge on any atom is 0.308 e. The second kappa shape index (κ2) is 4.99. The predicted molar refractivity (Wildman–Crippen MR) is 70.0 cm³/mol. The number of carboxylic acid groups (broad SMARTS) is 1. The van der Waals surface area contributed by atoms with Gasteiger partial charge in [0, 0.05) is 24.8 Å². The van der Waals surface area contributed by atoms with Crippen molar-refractivity contribution in [1.82, 2.24) is 0 Å². The number of piperidine rings is 1. The molecule has 2 aliphatic rings. The molecule has 0 amide bonds. The maximum atomic E-state index is 11.1. The van der Waals surface area contributed by atoms with E-state index in [-0.39, 0.29) is 5.92 Å². The number of carbonyl (C=O) groups is 1. The Morgan fingerprint density at radius 3 is 2.84 bits per heavy atom. The molecule has 5 nitrogen and oxygen atoms in total. The highest BCUT2D eigenvalue weighted by Crippen LogP contribution is 2.35. The summed E-state index contributed by atoms with van der Waals surface area (Å²) in [6.07, 6.45) is 1.67. The molecule has 1 atom stereocenters. The van der Waals surface area contributed by atoms with Crippen LogP contribution in [0.2, 0.25) is 0 Å². The number of rotatable bonds is 2. The highest BCUT2D eigenvalue weighted by atomic mass is 16.6. The van der Waals surface area contributed by atoms with Gasteiger partial charge >= 0.3 is 5.97 Å². The lowest BCUT2D eigenvalue weighted by atomic mass is 9.98. The standard InChI is InChI=1S/C14H17NO4/c16-14(17)10-2-1-5-15(9-10)11-3-4-12-13(8-11)19-7-6-18-12/h3-4,8,10H,1-2,5-7,9H2,(H,16,17). The van der Waals surface area contributed by atoms with Crippen molar-refractivity contribution in [2.75, 3.05) is 31.2 Å². The third-order valence-corrected chi connectivity index (χ3v) is 3.66. The second-order valence-electron chi connectivity index (χ2n) is 4.95. The lowest BCUT2D eigenvalue weighted by Gasteiger charge is -2.33. The van der Waals surface area contributed by atoms with Gasteiger partial charge in [0.2, 0.25) is 0 Å². The normalized spacial score (nSPS) is 22.1. The first-order valence-electron chi connectivity index (χ1n) is 6.61. The molecule has 1 aromatic rings. The maximum absolute atomic E-state index is 11.1. The van der Waals surface area contributed by atoms with Crippen LogP contribution in [0.25, 0.3) is 0 Å². The van der Waals surface area contributed by atoms with Crippen molar-refractivity contribution >= 4 is 11.7 Å². The Morgan fingerprint density at radius 1 is 1.26 bits per heavy atom. The molecule has 0 aromatic heterocycles. The van der Waals surface area contributed by atoms with E-state index in [4.69, 9.17) is 14.6 Å². The predicted octanol–water partition coefficient (Wildman–Crippen LogP) is 1.76. The third kappa shape index (κ3) is 2.45. The second-order valence-corrected chi connectivity index (χ2v) is 4.95. The fourth-order valence-corrected chi connectivity index (χ4v) is 2.64. The van der Waals surface area contributed by atoms with Crippen molar-refractivity contribution in [3.05, 3.63) is 18.2 Å². The minimum Gasteiger partial charge on any atom is -0.486 e. The number of nitrogens with zero attached hydrogens (tertiary/aromatic N) is 1. The van der Waals surface area contributed by atoms with E-state index in [2.05, 4.69) is 4.90 Å². The molecule has 5 heteroatoms. The average molecular weight is 263 g/mol. The van der Waals surface area contributed by atoms with Gasteiger partial charge in [-0.2, -0.15) is 0 Å². The van der Waals surface area contributed by atoms with Gasteiger partial charge in [0.25, 0.3) is 0 Å². The first-order valence-corrected chi connectivity index (χ1v) is 6.61. The van der Waals surface area contributed by atoms with Gasteiger partial charge in [-0.15, -0.1) is 0 Å². The molecular weight excluding hydrogens is 246 g/mol. The van der Waals surface area contributed by atoms with Crippen molar-refractivity contribution < 1.29 is 19.4 Å². The highest BCUT2D eigenvalue weighted by molar-refractivity contribution is 5.71. The molecule has 1 fully saturated rings. The zero-order valence-corrected chi connectivity index (χ0v) is 10.7. The summed E-state index contributed by atoms with van der Waals surface area (Å²) in [4.78, 5) is 13.2. The van der Waals surface area contributed by atoms with Gasteiger partial charge in [0.1, 0.15) is 13.2 Å². The topological polar surface area (TPSA) is 59.0 Å². The van der Waals surface area contributed by atoms with Crippen molar-refractivity contribution in [2.24, 2.45) is 5.92 Å². The van der Waals surface area contributed by atoms with Crippen LogP contribution in [0.15, 0.2) is 18.2 Å². The van der Waals surface area contributed by atoms with E-state index in [1.54, 1.807) is 0 Å². The Morgan fingerprint density at radius 2 is 2.05 bits per heavy atom. The van der Waals surface area contributed by atoms with Gasteiger partial charge in [-0.25, -0.2) is 0 Å². The van der Waals surface area contributed by atoms with E-state index < -0.39 is 5.97 Å². The molecule has 2 heterocycles. The fraction of sp³-hybridized carbons (Fsp3) is 0.500. The van der Waals surface area contributed by atoms with Gasteiger partial charge in [-0.05, 0) is 25.0 Å². The summed E-state index contributed by atoms with van der Waals surface area (Å²) in [6.45, 7) is 2.60. The number of fused-ring (bicyclic) bond motifs is 1. The molecule has 1 aromatic carbocycles. The van der Waals surface area contributed by atoms with E-state index in [1.807, 2.05) is 18.2 Å². The van der Waals surface area contributed by atoms with Crippen molar-refractivity contribution in [3.63, 3.8) is 0 Å². The Hall–Kier alpha value is -1.91. The van der Waals surface area contributed by atoms with Crippen LogP contribution >= 0.6 is 0 Å². The smallest absolute Gasteiger partial charge is 0.308 e. The lowest BCUT2D eigenvalue weighted by Crippen LogP contribution is -2.38. The molecule has 0 spiro atoms. The van der Waals surface area contributed by atoms with E-state index in [9.17, 15) is 4.79 Å². The van der Waals surface area contributed by atoms with Crippen molar-refractivity contribution in [2.45, 2.75) is 12.8 Å². The quantitative estimate of drug-likeness (QED) is 0.881. The van der Waals surface area contributed by atoms with Gasteiger partial charge in [-0.3, -0.25) is 4.79 Å². The molecule has 3 rings (SSSR count). The van der Waals surface area contributed by atoms with Gasteiger partial charge < -0.3 is 19.5 Å². The number of aliphatic carboxylic acids is 1. The zero-order chi connectivity index (χ0) is 13.2. The van der Waals surface area contributed by atoms with Crippen LogP contribution in [0.3, 0.4) is 0 Å². The zero-order valence-electron chi connectivity index (χ0n) is 10.7. The Balaban J connectivity index is 1.79. The summed E-state index contributed by atoms with van der Waals surface area (Å²) in [7, 11) is 0. The summed E-state index contributed by atoms with van der Waals surface area (Å²) in [5.74, 6) is 0.534.